The lowest BCUT2D eigenvalue weighted by atomic mass is 10.0. The molecule has 4 heteroatoms. The van der Waals surface area contributed by atoms with Crippen molar-refractivity contribution in [1.29, 1.82) is 0 Å². The molecule has 0 saturated carbocycles. The standard InChI is InChI=1S/C15H20O4/c1-4-18-14(16)9-8-12-7-6-11(3)13(10-12)15(17)19-5-2/h6-7,10H,4-5,8-9H2,1-3H3. The normalized spacial score (nSPS) is 10.1. The van der Waals surface area contributed by atoms with Gasteiger partial charge in [0.25, 0.3) is 0 Å². The van der Waals surface area contributed by atoms with Crippen molar-refractivity contribution < 1.29 is 19.1 Å². The van der Waals surface area contributed by atoms with E-state index >= 15 is 0 Å². The van der Waals surface area contributed by atoms with Crippen molar-refractivity contribution in [3.05, 3.63) is 34.9 Å². The Morgan fingerprint density at radius 2 is 1.79 bits per heavy atom. The maximum atomic E-state index is 11.7. The van der Waals surface area contributed by atoms with E-state index in [2.05, 4.69) is 0 Å². The average Bonchev–Trinajstić information content (AvgIpc) is 2.38. The molecule has 1 rings (SSSR count). The maximum absolute atomic E-state index is 11.7. The lowest BCUT2D eigenvalue weighted by molar-refractivity contribution is -0.143. The van der Waals surface area contributed by atoms with Crippen LogP contribution in [0, 0.1) is 6.92 Å². The zero-order valence-corrected chi connectivity index (χ0v) is 11.7. The average molecular weight is 264 g/mol. The Labute approximate surface area is 113 Å². The molecule has 0 fully saturated rings. The summed E-state index contributed by atoms with van der Waals surface area (Å²) in [6, 6.07) is 5.57. The van der Waals surface area contributed by atoms with E-state index in [1.54, 1.807) is 19.9 Å². The van der Waals surface area contributed by atoms with E-state index in [-0.39, 0.29) is 11.9 Å². The zero-order chi connectivity index (χ0) is 14.3. The first kappa shape index (κ1) is 15.2. The highest BCUT2D eigenvalue weighted by Gasteiger charge is 2.11. The van der Waals surface area contributed by atoms with Gasteiger partial charge in [0.1, 0.15) is 0 Å². The fourth-order valence-electron chi connectivity index (χ4n) is 1.73. The molecule has 0 heterocycles. The van der Waals surface area contributed by atoms with E-state index in [1.807, 2.05) is 19.1 Å². The minimum atomic E-state index is -0.321. The smallest absolute Gasteiger partial charge is 0.338 e. The van der Waals surface area contributed by atoms with Gasteiger partial charge < -0.3 is 9.47 Å². The predicted octanol–water partition coefficient (Wildman–Crippen LogP) is 2.67. The van der Waals surface area contributed by atoms with Crippen LogP contribution in [0.25, 0.3) is 0 Å². The van der Waals surface area contributed by atoms with Gasteiger partial charge in [-0.1, -0.05) is 12.1 Å². The van der Waals surface area contributed by atoms with Gasteiger partial charge in [0.05, 0.1) is 18.8 Å². The molecule has 0 amide bonds. The molecule has 0 aliphatic carbocycles. The van der Waals surface area contributed by atoms with E-state index in [1.165, 1.54) is 0 Å². The Morgan fingerprint density at radius 3 is 2.42 bits per heavy atom. The van der Waals surface area contributed by atoms with Crippen LogP contribution in [0.1, 0.15) is 41.8 Å². The number of ether oxygens (including phenoxy) is 2. The summed E-state index contributed by atoms with van der Waals surface area (Å²) in [6.07, 6.45) is 0.880. The molecule has 0 aliphatic heterocycles. The second-order valence-electron chi connectivity index (χ2n) is 4.17. The molecular formula is C15H20O4. The van der Waals surface area contributed by atoms with Gasteiger partial charge in [0, 0.05) is 6.42 Å². The van der Waals surface area contributed by atoms with Crippen molar-refractivity contribution in [2.75, 3.05) is 13.2 Å². The summed E-state index contributed by atoms with van der Waals surface area (Å²) in [5.74, 6) is -0.543. The van der Waals surface area contributed by atoms with E-state index in [0.29, 0.717) is 31.6 Å². The molecule has 0 saturated heterocycles. The third-order valence-corrected chi connectivity index (χ3v) is 2.72. The van der Waals surface area contributed by atoms with E-state index in [0.717, 1.165) is 11.1 Å². The van der Waals surface area contributed by atoms with Gasteiger partial charge in [-0.05, 0) is 44.4 Å². The molecule has 0 radical (unpaired) electrons. The number of hydrogen-bond donors (Lipinski definition) is 0. The molecule has 104 valence electrons. The first-order chi connectivity index (χ1) is 9.08. The minimum absolute atomic E-state index is 0.222. The predicted molar refractivity (Wildman–Crippen MR) is 72.1 cm³/mol. The molecule has 0 aliphatic rings. The maximum Gasteiger partial charge on any atom is 0.338 e. The highest BCUT2D eigenvalue weighted by Crippen LogP contribution is 2.14. The zero-order valence-electron chi connectivity index (χ0n) is 11.7. The monoisotopic (exact) mass is 264 g/mol. The topological polar surface area (TPSA) is 52.6 Å². The van der Waals surface area contributed by atoms with Crippen LogP contribution >= 0.6 is 0 Å². The third kappa shape index (κ3) is 4.73. The lowest BCUT2D eigenvalue weighted by Gasteiger charge is -2.08. The van der Waals surface area contributed by atoms with Gasteiger partial charge in [-0.2, -0.15) is 0 Å². The van der Waals surface area contributed by atoms with Crippen LogP contribution in [0.4, 0.5) is 0 Å². The third-order valence-electron chi connectivity index (χ3n) is 2.72. The molecular weight excluding hydrogens is 244 g/mol. The SMILES string of the molecule is CCOC(=O)CCc1ccc(C)c(C(=O)OCC)c1. The minimum Gasteiger partial charge on any atom is -0.466 e. The molecule has 0 unspecified atom stereocenters. The summed E-state index contributed by atoms with van der Waals surface area (Å²) < 4.78 is 9.87. The van der Waals surface area contributed by atoms with Gasteiger partial charge in [-0.15, -0.1) is 0 Å². The summed E-state index contributed by atoms with van der Waals surface area (Å²) in [6.45, 7) is 6.16. The van der Waals surface area contributed by atoms with Gasteiger partial charge in [0.15, 0.2) is 0 Å². The second-order valence-corrected chi connectivity index (χ2v) is 4.17. The van der Waals surface area contributed by atoms with Crippen molar-refractivity contribution in [1.82, 2.24) is 0 Å². The Bertz CT molecular complexity index is 451. The Balaban J connectivity index is 2.73. The number of benzene rings is 1. The van der Waals surface area contributed by atoms with Crippen LogP contribution in [0.15, 0.2) is 18.2 Å². The molecule has 0 atom stereocenters. The van der Waals surface area contributed by atoms with Crippen molar-refractivity contribution in [2.24, 2.45) is 0 Å². The van der Waals surface area contributed by atoms with Crippen molar-refractivity contribution in [2.45, 2.75) is 33.6 Å². The number of rotatable bonds is 6. The summed E-state index contributed by atoms with van der Waals surface area (Å²) >= 11 is 0. The molecule has 19 heavy (non-hydrogen) atoms. The number of aryl methyl sites for hydroxylation is 2. The fraction of sp³-hybridized carbons (Fsp3) is 0.467. The van der Waals surface area contributed by atoms with Crippen LogP contribution in [-0.4, -0.2) is 25.2 Å². The van der Waals surface area contributed by atoms with Gasteiger partial charge in [-0.25, -0.2) is 4.79 Å². The highest BCUT2D eigenvalue weighted by molar-refractivity contribution is 5.91. The molecule has 0 aromatic heterocycles. The molecule has 1 aromatic carbocycles. The van der Waals surface area contributed by atoms with E-state index in [4.69, 9.17) is 9.47 Å². The molecule has 0 bridgehead atoms. The highest BCUT2D eigenvalue weighted by atomic mass is 16.5. The summed E-state index contributed by atoms with van der Waals surface area (Å²) in [5.41, 5.74) is 2.36. The van der Waals surface area contributed by atoms with Crippen LogP contribution < -0.4 is 0 Å². The van der Waals surface area contributed by atoms with Crippen LogP contribution in [-0.2, 0) is 20.7 Å². The Kier molecular flexibility index (Phi) is 6.06. The summed E-state index contributed by atoms with van der Waals surface area (Å²) in [7, 11) is 0. The van der Waals surface area contributed by atoms with Crippen LogP contribution in [0.5, 0.6) is 0 Å². The number of esters is 2. The second kappa shape index (κ2) is 7.56. The van der Waals surface area contributed by atoms with E-state index < -0.39 is 0 Å². The first-order valence-electron chi connectivity index (χ1n) is 6.50. The van der Waals surface area contributed by atoms with Crippen molar-refractivity contribution >= 4 is 11.9 Å². The van der Waals surface area contributed by atoms with Crippen molar-refractivity contribution in [3.8, 4) is 0 Å². The van der Waals surface area contributed by atoms with Gasteiger partial charge >= 0.3 is 11.9 Å². The Morgan fingerprint density at radius 1 is 1.11 bits per heavy atom. The van der Waals surface area contributed by atoms with E-state index in [9.17, 15) is 9.59 Å². The quantitative estimate of drug-likeness (QED) is 0.741. The summed E-state index contributed by atoms with van der Waals surface area (Å²) in [5, 5.41) is 0. The number of carbonyl (C=O) groups is 2. The number of hydrogen-bond acceptors (Lipinski definition) is 4. The van der Waals surface area contributed by atoms with Crippen LogP contribution in [0.3, 0.4) is 0 Å². The number of carbonyl (C=O) groups excluding carboxylic acids is 2. The molecule has 0 N–H and O–H groups in total. The fourth-order valence-corrected chi connectivity index (χ4v) is 1.73. The van der Waals surface area contributed by atoms with Crippen LogP contribution in [0.2, 0.25) is 0 Å². The summed E-state index contributed by atoms with van der Waals surface area (Å²) in [4.78, 5) is 23.0. The molecule has 0 spiro atoms. The first-order valence-corrected chi connectivity index (χ1v) is 6.50. The van der Waals surface area contributed by atoms with Gasteiger partial charge in [-0.3, -0.25) is 4.79 Å². The lowest BCUT2D eigenvalue weighted by Crippen LogP contribution is -2.08. The largest absolute Gasteiger partial charge is 0.466 e. The van der Waals surface area contributed by atoms with Gasteiger partial charge in [0.2, 0.25) is 0 Å². The Hall–Kier alpha value is -1.84. The van der Waals surface area contributed by atoms with Crippen molar-refractivity contribution in [3.63, 3.8) is 0 Å². The molecule has 4 nitrogen and oxygen atoms in total. The molecule has 1 aromatic rings.